The molecule has 0 aliphatic heterocycles. The Labute approximate surface area is 149 Å². The highest BCUT2D eigenvalue weighted by Crippen LogP contribution is 2.30. The van der Waals surface area contributed by atoms with Gasteiger partial charge < -0.3 is 9.47 Å². The van der Waals surface area contributed by atoms with Crippen LogP contribution in [-0.2, 0) is 10.0 Å². The number of nitrogens with one attached hydrogen (secondary N) is 1. The number of methoxy groups -OCH3 is 2. The minimum absolute atomic E-state index is 0.000475. The molecule has 0 bridgehead atoms. The van der Waals surface area contributed by atoms with Crippen LogP contribution in [0.5, 0.6) is 11.5 Å². The average molecular weight is 380 g/mol. The maximum atomic E-state index is 11.3. The predicted octanol–water partition coefficient (Wildman–Crippen LogP) is 1.71. The fourth-order valence-electron chi connectivity index (χ4n) is 2.12. The van der Waals surface area contributed by atoms with Crippen molar-refractivity contribution in [1.82, 2.24) is 0 Å². The van der Waals surface area contributed by atoms with Crippen molar-refractivity contribution in [2.45, 2.75) is 4.90 Å². The number of nitrogens with two attached hydrogens (primary N) is 1. The Kier molecular flexibility index (Phi) is 5.75. The van der Waals surface area contributed by atoms with Crippen LogP contribution in [0.15, 0.2) is 46.4 Å². The van der Waals surface area contributed by atoms with Crippen molar-refractivity contribution >= 4 is 27.6 Å². The van der Waals surface area contributed by atoms with Crippen LogP contribution in [0.25, 0.3) is 0 Å². The van der Waals surface area contributed by atoms with Crippen LogP contribution >= 0.6 is 0 Å². The average Bonchev–Trinajstić information content (AvgIpc) is 2.60. The van der Waals surface area contributed by atoms with Crippen molar-refractivity contribution in [3.63, 3.8) is 0 Å². The third-order valence-electron chi connectivity index (χ3n) is 3.32. The molecule has 0 saturated carbocycles. The van der Waals surface area contributed by atoms with E-state index in [4.69, 9.17) is 14.6 Å². The SMILES string of the molecule is COc1cccc(/C=N/Nc2ccc(S(N)(=O)=O)cc2[N+](=O)[O-])c1OC. The lowest BCUT2D eigenvalue weighted by Crippen LogP contribution is -2.12. The summed E-state index contributed by atoms with van der Waals surface area (Å²) < 4.78 is 33.1. The van der Waals surface area contributed by atoms with Gasteiger partial charge in [0, 0.05) is 11.6 Å². The van der Waals surface area contributed by atoms with Crippen LogP contribution in [0, 0.1) is 10.1 Å². The number of rotatable bonds is 7. The van der Waals surface area contributed by atoms with Gasteiger partial charge in [0.1, 0.15) is 5.69 Å². The summed E-state index contributed by atoms with van der Waals surface area (Å²) in [7, 11) is -1.09. The van der Waals surface area contributed by atoms with Crippen molar-refractivity contribution in [2.75, 3.05) is 19.6 Å². The number of benzene rings is 2. The van der Waals surface area contributed by atoms with Crippen LogP contribution in [0.4, 0.5) is 11.4 Å². The molecule has 0 amide bonds. The Morgan fingerprint density at radius 3 is 2.54 bits per heavy atom. The van der Waals surface area contributed by atoms with Crippen molar-refractivity contribution in [1.29, 1.82) is 0 Å². The van der Waals surface area contributed by atoms with Gasteiger partial charge in [0.05, 0.1) is 30.3 Å². The third-order valence-corrected chi connectivity index (χ3v) is 4.23. The lowest BCUT2D eigenvalue weighted by atomic mass is 10.2. The van der Waals surface area contributed by atoms with Gasteiger partial charge in [-0.3, -0.25) is 15.5 Å². The maximum absolute atomic E-state index is 11.3. The van der Waals surface area contributed by atoms with Crippen LogP contribution < -0.4 is 20.0 Å². The van der Waals surface area contributed by atoms with E-state index < -0.39 is 20.6 Å². The van der Waals surface area contributed by atoms with Gasteiger partial charge in [-0.2, -0.15) is 5.10 Å². The summed E-state index contributed by atoms with van der Waals surface area (Å²) in [4.78, 5) is 10.1. The van der Waals surface area contributed by atoms with Gasteiger partial charge in [0.2, 0.25) is 10.0 Å². The summed E-state index contributed by atoms with van der Waals surface area (Å²) in [6, 6.07) is 8.36. The summed E-state index contributed by atoms with van der Waals surface area (Å²) in [5.74, 6) is 0.944. The molecule has 0 fully saturated rings. The first kappa shape index (κ1) is 19.1. The quantitative estimate of drug-likeness (QED) is 0.422. The summed E-state index contributed by atoms with van der Waals surface area (Å²) in [5, 5.41) is 20.1. The Balaban J connectivity index is 2.33. The van der Waals surface area contributed by atoms with E-state index in [1.807, 2.05) is 0 Å². The molecule has 0 unspecified atom stereocenters. The second-order valence-corrected chi connectivity index (χ2v) is 6.50. The van der Waals surface area contributed by atoms with E-state index in [1.54, 1.807) is 18.2 Å². The Bertz CT molecular complexity index is 959. The van der Waals surface area contributed by atoms with E-state index in [1.165, 1.54) is 26.5 Å². The molecule has 2 aromatic carbocycles. The normalized spacial score (nSPS) is 11.3. The highest BCUT2D eigenvalue weighted by molar-refractivity contribution is 7.89. The second kappa shape index (κ2) is 7.80. The minimum atomic E-state index is -4.06. The first-order valence-corrected chi connectivity index (χ1v) is 8.64. The molecule has 0 spiro atoms. The van der Waals surface area contributed by atoms with Crippen molar-refractivity contribution in [2.24, 2.45) is 10.2 Å². The monoisotopic (exact) mass is 380 g/mol. The lowest BCUT2D eigenvalue weighted by molar-refractivity contribution is -0.384. The molecule has 138 valence electrons. The molecule has 26 heavy (non-hydrogen) atoms. The summed E-state index contributed by atoms with van der Waals surface area (Å²) in [5.41, 5.74) is 2.60. The van der Waals surface area contributed by atoms with Crippen LogP contribution in [0.2, 0.25) is 0 Å². The smallest absolute Gasteiger partial charge is 0.295 e. The van der Waals surface area contributed by atoms with E-state index in [9.17, 15) is 18.5 Å². The number of nitro benzene ring substituents is 1. The van der Waals surface area contributed by atoms with Gasteiger partial charge in [0.25, 0.3) is 5.69 Å². The van der Waals surface area contributed by atoms with E-state index in [0.29, 0.717) is 17.1 Å². The first-order valence-electron chi connectivity index (χ1n) is 7.09. The van der Waals surface area contributed by atoms with Crippen molar-refractivity contribution in [3.8, 4) is 11.5 Å². The zero-order chi connectivity index (χ0) is 19.3. The topological polar surface area (TPSA) is 146 Å². The minimum Gasteiger partial charge on any atom is -0.493 e. The van der Waals surface area contributed by atoms with Crippen LogP contribution in [0.3, 0.4) is 0 Å². The van der Waals surface area contributed by atoms with E-state index >= 15 is 0 Å². The predicted molar refractivity (Wildman–Crippen MR) is 95.2 cm³/mol. The molecular formula is C15H16N4O6S. The molecule has 2 rings (SSSR count). The molecule has 11 heteroatoms. The molecule has 0 heterocycles. The maximum Gasteiger partial charge on any atom is 0.295 e. The third kappa shape index (κ3) is 4.26. The van der Waals surface area contributed by atoms with Gasteiger partial charge in [-0.1, -0.05) is 6.07 Å². The largest absolute Gasteiger partial charge is 0.493 e. The number of hydrogen-bond donors (Lipinski definition) is 2. The number of nitro groups is 1. The van der Waals surface area contributed by atoms with Crippen molar-refractivity contribution < 1.29 is 22.8 Å². The standard InChI is InChI=1S/C15H16N4O6S/c1-24-14-5-3-4-10(15(14)25-2)9-17-18-12-7-6-11(26(16,22)23)8-13(12)19(20)21/h3-9,18H,1-2H3,(H2,16,22,23)/b17-9+. The highest BCUT2D eigenvalue weighted by atomic mass is 32.2. The van der Waals surface area contributed by atoms with E-state index in [-0.39, 0.29) is 10.6 Å². The first-order chi connectivity index (χ1) is 12.3. The van der Waals surface area contributed by atoms with Crippen LogP contribution in [-0.4, -0.2) is 33.8 Å². The van der Waals surface area contributed by atoms with Gasteiger partial charge >= 0.3 is 0 Å². The highest BCUT2D eigenvalue weighted by Gasteiger charge is 2.18. The summed E-state index contributed by atoms with van der Waals surface area (Å²) in [6.45, 7) is 0. The second-order valence-electron chi connectivity index (χ2n) is 4.93. The number of primary sulfonamides is 1. The Morgan fingerprint density at radius 2 is 1.96 bits per heavy atom. The molecule has 0 aromatic heterocycles. The Hall–Kier alpha value is -3.18. The molecule has 0 aliphatic carbocycles. The number of hydrazone groups is 1. The number of nitrogens with zero attached hydrogens (tertiary/aromatic N) is 2. The number of para-hydroxylation sites is 1. The van der Waals surface area contributed by atoms with E-state index in [2.05, 4.69) is 10.5 Å². The van der Waals surface area contributed by atoms with Crippen molar-refractivity contribution in [3.05, 3.63) is 52.1 Å². The number of ether oxygens (including phenoxy) is 2. The number of hydrogen-bond acceptors (Lipinski definition) is 8. The number of sulfonamides is 1. The molecule has 10 nitrogen and oxygen atoms in total. The zero-order valence-electron chi connectivity index (χ0n) is 13.9. The fourth-order valence-corrected chi connectivity index (χ4v) is 2.65. The molecule has 0 aliphatic rings. The number of anilines is 1. The zero-order valence-corrected chi connectivity index (χ0v) is 14.7. The van der Waals surface area contributed by atoms with E-state index in [0.717, 1.165) is 12.1 Å². The summed E-state index contributed by atoms with van der Waals surface area (Å²) >= 11 is 0. The van der Waals surface area contributed by atoms with Gasteiger partial charge in [-0.25, -0.2) is 13.6 Å². The molecular weight excluding hydrogens is 364 g/mol. The Morgan fingerprint density at radius 1 is 1.23 bits per heavy atom. The van der Waals surface area contributed by atoms with Gasteiger partial charge in [-0.15, -0.1) is 0 Å². The molecule has 3 N–H and O–H groups in total. The molecule has 0 saturated heterocycles. The summed E-state index contributed by atoms with van der Waals surface area (Å²) in [6.07, 6.45) is 1.39. The van der Waals surface area contributed by atoms with Crippen LogP contribution in [0.1, 0.15) is 5.56 Å². The fraction of sp³-hybridized carbons (Fsp3) is 0.133. The molecule has 2 aromatic rings. The van der Waals surface area contributed by atoms with Gasteiger partial charge in [0.15, 0.2) is 11.5 Å². The van der Waals surface area contributed by atoms with Gasteiger partial charge in [-0.05, 0) is 24.3 Å². The molecule has 0 radical (unpaired) electrons. The molecule has 0 atom stereocenters. The lowest BCUT2D eigenvalue weighted by Gasteiger charge is -2.09.